The smallest absolute Gasteiger partial charge is 0.410 e. The number of alkyl halides is 1. The Morgan fingerprint density at radius 2 is 2.06 bits per heavy atom. The van der Waals surface area contributed by atoms with Gasteiger partial charge in [-0.25, -0.2) is 13.9 Å². The van der Waals surface area contributed by atoms with Gasteiger partial charge in [-0.1, -0.05) is 5.21 Å². The van der Waals surface area contributed by atoms with E-state index in [1.807, 2.05) is 0 Å². The molecule has 4 rings (SSSR count). The molecular weight excluding hydrogens is 419 g/mol. The van der Waals surface area contributed by atoms with Crippen LogP contribution in [0.25, 0.3) is 11.0 Å². The number of anilines is 1. The summed E-state index contributed by atoms with van der Waals surface area (Å²) >= 11 is 0. The lowest BCUT2D eigenvalue weighted by atomic mass is 10.0. The highest BCUT2D eigenvalue weighted by Gasteiger charge is 2.34. The normalized spacial score (nSPS) is 24.4. The molecule has 3 heterocycles. The molecule has 1 unspecified atom stereocenters. The first-order valence-electron chi connectivity index (χ1n) is 10.7. The van der Waals surface area contributed by atoms with Gasteiger partial charge >= 0.3 is 6.09 Å². The van der Waals surface area contributed by atoms with E-state index in [1.165, 1.54) is 9.58 Å². The van der Waals surface area contributed by atoms with Crippen molar-refractivity contribution in [1.82, 2.24) is 25.2 Å². The number of benzene rings is 1. The van der Waals surface area contributed by atoms with Crippen molar-refractivity contribution < 1.29 is 23.5 Å². The molecule has 1 aromatic heterocycles. The van der Waals surface area contributed by atoms with Crippen LogP contribution >= 0.6 is 0 Å². The van der Waals surface area contributed by atoms with Crippen molar-refractivity contribution >= 4 is 34.6 Å². The number of carbonyl (C=O) groups excluding carboxylic acids is 3. The Balaban J connectivity index is 1.41. The standard InChI is InChI=1S/C21H27FN6O4/c1-21(2,3)32-20(31)27-9-8-14(13(22)11-27)23-12-4-5-16-15(10-12)25-26-28(16)17-6-7-18(29)24-19(17)30/h4-5,10,13-14,17,23H,6-9,11H2,1-3H3,(H,24,29,30)/t13-,14-,17?/m0/s1. The molecular formula is C21H27FN6O4. The van der Waals surface area contributed by atoms with Crippen LogP contribution < -0.4 is 10.6 Å². The molecule has 0 radical (unpaired) electrons. The van der Waals surface area contributed by atoms with E-state index < -0.39 is 35.9 Å². The Kier molecular flexibility index (Phi) is 5.74. The first kappa shape index (κ1) is 22.0. The maximum absolute atomic E-state index is 14.8. The second kappa shape index (κ2) is 8.36. The molecule has 0 saturated carbocycles. The fourth-order valence-corrected chi connectivity index (χ4v) is 3.95. The monoisotopic (exact) mass is 446 g/mol. The Hall–Kier alpha value is -3.24. The summed E-state index contributed by atoms with van der Waals surface area (Å²) in [6.07, 6.45) is -0.724. The number of carbonyl (C=O) groups is 3. The minimum absolute atomic E-state index is 0.0412. The second-order valence-electron chi connectivity index (χ2n) is 9.19. The highest BCUT2D eigenvalue weighted by Crippen LogP contribution is 2.26. The average molecular weight is 446 g/mol. The predicted octanol–water partition coefficient (Wildman–Crippen LogP) is 2.17. The molecule has 2 aromatic rings. The first-order valence-corrected chi connectivity index (χ1v) is 10.7. The van der Waals surface area contributed by atoms with Crippen molar-refractivity contribution in [3.63, 3.8) is 0 Å². The zero-order valence-corrected chi connectivity index (χ0v) is 18.3. The van der Waals surface area contributed by atoms with Gasteiger partial charge in [0.15, 0.2) is 0 Å². The SMILES string of the molecule is CC(C)(C)OC(=O)N1CC[C@H](Nc2ccc3c(c2)nnn3C2CCC(=O)NC2=O)[C@@H](F)C1. The summed E-state index contributed by atoms with van der Waals surface area (Å²) in [5.74, 6) is -0.687. The number of imide groups is 1. The second-order valence-corrected chi connectivity index (χ2v) is 9.19. The van der Waals surface area contributed by atoms with Crippen molar-refractivity contribution in [2.75, 3.05) is 18.4 Å². The molecule has 2 N–H and O–H groups in total. The van der Waals surface area contributed by atoms with Crippen LogP contribution in [0.15, 0.2) is 18.2 Å². The topological polar surface area (TPSA) is 118 Å². The van der Waals surface area contributed by atoms with Crippen LogP contribution in [0.1, 0.15) is 46.1 Å². The van der Waals surface area contributed by atoms with Gasteiger partial charge in [0.1, 0.15) is 23.3 Å². The van der Waals surface area contributed by atoms with Crippen molar-refractivity contribution in [2.24, 2.45) is 0 Å². The van der Waals surface area contributed by atoms with E-state index in [1.54, 1.807) is 39.0 Å². The van der Waals surface area contributed by atoms with Crippen LogP contribution in [-0.2, 0) is 14.3 Å². The fraction of sp³-hybridized carbons (Fsp3) is 0.571. The number of likely N-dealkylation sites (tertiary alicyclic amines) is 1. The molecule has 0 bridgehead atoms. The Labute approximate surface area is 184 Å². The van der Waals surface area contributed by atoms with Gasteiger partial charge in [-0.15, -0.1) is 5.10 Å². The van der Waals surface area contributed by atoms with Crippen LogP contribution in [0.2, 0.25) is 0 Å². The highest BCUT2D eigenvalue weighted by atomic mass is 19.1. The number of halogens is 1. The van der Waals surface area contributed by atoms with Gasteiger partial charge in [0, 0.05) is 18.7 Å². The summed E-state index contributed by atoms with van der Waals surface area (Å²) in [5.41, 5.74) is 1.26. The van der Waals surface area contributed by atoms with Crippen LogP contribution in [0.3, 0.4) is 0 Å². The number of hydrogen-bond donors (Lipinski definition) is 2. The van der Waals surface area contributed by atoms with Gasteiger partial charge in [0.2, 0.25) is 5.91 Å². The van der Waals surface area contributed by atoms with Gasteiger partial charge in [-0.05, 0) is 51.8 Å². The minimum atomic E-state index is -1.26. The molecule has 2 aliphatic rings. The number of amides is 3. The van der Waals surface area contributed by atoms with Gasteiger partial charge in [0.25, 0.3) is 5.91 Å². The number of rotatable bonds is 3. The Morgan fingerprint density at radius 3 is 2.75 bits per heavy atom. The van der Waals surface area contributed by atoms with Gasteiger partial charge in [-0.3, -0.25) is 14.9 Å². The predicted molar refractivity (Wildman–Crippen MR) is 114 cm³/mol. The molecule has 3 amide bonds. The number of aromatic nitrogens is 3. The molecule has 2 fully saturated rings. The lowest BCUT2D eigenvalue weighted by molar-refractivity contribution is -0.135. The van der Waals surface area contributed by atoms with Crippen molar-refractivity contribution in [3.05, 3.63) is 18.2 Å². The quantitative estimate of drug-likeness (QED) is 0.694. The molecule has 10 nitrogen and oxygen atoms in total. The number of nitrogens with zero attached hydrogens (tertiary/aromatic N) is 4. The Bertz CT molecular complexity index is 1050. The van der Waals surface area contributed by atoms with Crippen molar-refractivity contribution in [2.45, 2.75) is 63.9 Å². The number of piperidine rings is 2. The van der Waals surface area contributed by atoms with Gasteiger partial charge < -0.3 is 15.0 Å². The lowest BCUT2D eigenvalue weighted by Gasteiger charge is -2.36. The van der Waals surface area contributed by atoms with Crippen molar-refractivity contribution in [3.8, 4) is 0 Å². The summed E-state index contributed by atoms with van der Waals surface area (Å²) in [7, 11) is 0. The average Bonchev–Trinajstić information content (AvgIpc) is 3.11. The third kappa shape index (κ3) is 4.66. The minimum Gasteiger partial charge on any atom is -0.444 e. The first-order chi connectivity index (χ1) is 15.1. The van der Waals surface area contributed by atoms with E-state index in [0.717, 1.165) is 0 Å². The van der Waals surface area contributed by atoms with E-state index >= 15 is 0 Å². The summed E-state index contributed by atoms with van der Waals surface area (Å²) in [5, 5.41) is 13.7. The van der Waals surface area contributed by atoms with E-state index in [2.05, 4.69) is 20.9 Å². The number of hydrogen-bond acceptors (Lipinski definition) is 7. The maximum Gasteiger partial charge on any atom is 0.410 e. The number of ether oxygens (including phenoxy) is 1. The molecule has 2 saturated heterocycles. The zero-order chi connectivity index (χ0) is 23.0. The lowest BCUT2D eigenvalue weighted by Crippen LogP contribution is -2.51. The summed E-state index contributed by atoms with van der Waals surface area (Å²) in [6, 6.07) is 4.24. The molecule has 0 spiro atoms. The van der Waals surface area contributed by atoms with Crippen LogP contribution in [0, 0.1) is 0 Å². The van der Waals surface area contributed by atoms with Crippen LogP contribution in [0.5, 0.6) is 0 Å². The zero-order valence-electron chi connectivity index (χ0n) is 18.3. The van der Waals surface area contributed by atoms with Crippen molar-refractivity contribution in [1.29, 1.82) is 0 Å². The van der Waals surface area contributed by atoms with E-state index in [9.17, 15) is 18.8 Å². The van der Waals surface area contributed by atoms with E-state index in [-0.39, 0.29) is 18.9 Å². The third-order valence-electron chi connectivity index (χ3n) is 5.52. The maximum atomic E-state index is 14.8. The third-order valence-corrected chi connectivity index (χ3v) is 5.52. The molecule has 11 heteroatoms. The summed E-state index contributed by atoms with van der Waals surface area (Å²) in [6.45, 7) is 5.68. The van der Waals surface area contributed by atoms with Gasteiger partial charge in [0.05, 0.1) is 18.1 Å². The molecule has 3 atom stereocenters. The molecule has 0 aliphatic carbocycles. The Morgan fingerprint density at radius 1 is 1.28 bits per heavy atom. The van der Waals surface area contributed by atoms with Crippen LogP contribution in [0.4, 0.5) is 14.9 Å². The van der Waals surface area contributed by atoms with E-state index in [4.69, 9.17) is 4.74 Å². The molecule has 1 aromatic carbocycles. The van der Waals surface area contributed by atoms with Gasteiger partial charge in [-0.2, -0.15) is 0 Å². The highest BCUT2D eigenvalue weighted by molar-refractivity contribution is 6.00. The van der Waals surface area contributed by atoms with Crippen LogP contribution in [-0.4, -0.2) is 68.7 Å². The molecule has 32 heavy (non-hydrogen) atoms. The number of fused-ring (bicyclic) bond motifs is 1. The summed E-state index contributed by atoms with van der Waals surface area (Å²) < 4.78 is 21.6. The number of nitrogens with one attached hydrogen (secondary N) is 2. The summed E-state index contributed by atoms with van der Waals surface area (Å²) in [4.78, 5) is 37.1. The molecule has 2 aliphatic heterocycles. The van der Waals surface area contributed by atoms with E-state index in [0.29, 0.717) is 36.1 Å². The molecule has 172 valence electrons. The largest absolute Gasteiger partial charge is 0.444 e. The fourth-order valence-electron chi connectivity index (χ4n) is 3.95.